The van der Waals surface area contributed by atoms with Crippen molar-refractivity contribution < 1.29 is 14.3 Å². The van der Waals surface area contributed by atoms with Gasteiger partial charge in [-0.3, -0.25) is 9.79 Å². The number of carbonyl (C=O) groups is 1. The van der Waals surface area contributed by atoms with E-state index >= 15 is 0 Å². The average Bonchev–Trinajstić information content (AvgIpc) is 3.37. The van der Waals surface area contributed by atoms with Crippen molar-refractivity contribution in [1.82, 2.24) is 0 Å². The summed E-state index contributed by atoms with van der Waals surface area (Å²) < 4.78 is 11.5. The van der Waals surface area contributed by atoms with Crippen molar-refractivity contribution in [3.63, 3.8) is 0 Å². The minimum Gasteiger partial charge on any atom is -0.457 e. The first-order valence-corrected chi connectivity index (χ1v) is 10.5. The number of benzene rings is 3. The van der Waals surface area contributed by atoms with E-state index in [0.717, 1.165) is 5.69 Å². The van der Waals surface area contributed by atoms with E-state index in [9.17, 15) is 10.1 Å². The van der Waals surface area contributed by atoms with E-state index in [1.165, 1.54) is 0 Å². The van der Waals surface area contributed by atoms with Crippen LogP contribution in [0.1, 0.15) is 25.5 Å². The number of hydrogen-bond acceptors (Lipinski definition) is 5. The maximum Gasteiger partial charge on any atom is 0.311 e. The molecule has 1 fully saturated rings. The number of esters is 1. The summed E-state index contributed by atoms with van der Waals surface area (Å²) in [4.78, 5) is 17.4. The van der Waals surface area contributed by atoms with Gasteiger partial charge in [0.1, 0.15) is 17.6 Å². The lowest BCUT2D eigenvalue weighted by Gasteiger charge is -2.13. The van der Waals surface area contributed by atoms with Crippen molar-refractivity contribution in [1.29, 1.82) is 5.26 Å². The first-order chi connectivity index (χ1) is 15.5. The van der Waals surface area contributed by atoms with Gasteiger partial charge in [-0.2, -0.15) is 5.26 Å². The van der Waals surface area contributed by atoms with Crippen molar-refractivity contribution >= 4 is 17.9 Å². The van der Waals surface area contributed by atoms with Gasteiger partial charge < -0.3 is 9.47 Å². The molecule has 0 aliphatic heterocycles. The lowest BCUT2D eigenvalue weighted by molar-refractivity contribution is -0.149. The minimum atomic E-state index is -1.01. The van der Waals surface area contributed by atoms with Crippen LogP contribution < -0.4 is 4.74 Å². The monoisotopic (exact) mass is 424 g/mol. The molecule has 0 radical (unpaired) electrons. The molecule has 1 saturated carbocycles. The van der Waals surface area contributed by atoms with Crippen LogP contribution in [0.2, 0.25) is 0 Å². The van der Waals surface area contributed by atoms with Gasteiger partial charge in [-0.15, -0.1) is 0 Å². The number of rotatable bonds is 7. The summed E-state index contributed by atoms with van der Waals surface area (Å²) in [6.07, 6.45) is 0.807. The lowest BCUT2D eigenvalue weighted by Crippen LogP contribution is -2.14. The molecular weight excluding hydrogens is 400 g/mol. The van der Waals surface area contributed by atoms with Gasteiger partial charge >= 0.3 is 5.97 Å². The smallest absolute Gasteiger partial charge is 0.311 e. The molecule has 0 spiro atoms. The van der Waals surface area contributed by atoms with E-state index in [1.807, 2.05) is 80.7 Å². The Kier molecular flexibility index (Phi) is 6.04. The molecule has 0 aromatic heterocycles. The van der Waals surface area contributed by atoms with Crippen molar-refractivity contribution in [2.75, 3.05) is 0 Å². The van der Waals surface area contributed by atoms with Gasteiger partial charge in [-0.1, -0.05) is 62.4 Å². The molecule has 4 rings (SSSR count). The largest absolute Gasteiger partial charge is 0.457 e. The molecule has 3 aromatic carbocycles. The lowest BCUT2D eigenvalue weighted by atomic mass is 10.1. The summed E-state index contributed by atoms with van der Waals surface area (Å²) in [6.45, 7) is 4.02. The second kappa shape index (κ2) is 9.07. The molecule has 5 nitrogen and oxygen atoms in total. The fourth-order valence-electron chi connectivity index (χ4n) is 3.81. The van der Waals surface area contributed by atoms with Crippen LogP contribution >= 0.6 is 0 Å². The SMILES string of the molecule is CC1(C)C(C=Nc2ccccc2)C1C(=O)O[C@H](C#N)c1cccc(Oc2ccccc2)c1. The van der Waals surface area contributed by atoms with Gasteiger partial charge in [0, 0.05) is 17.7 Å². The van der Waals surface area contributed by atoms with E-state index in [0.29, 0.717) is 17.1 Å². The van der Waals surface area contributed by atoms with Crippen LogP contribution in [0.4, 0.5) is 5.69 Å². The maximum absolute atomic E-state index is 12.9. The topological polar surface area (TPSA) is 71.7 Å². The van der Waals surface area contributed by atoms with Gasteiger partial charge in [0.25, 0.3) is 0 Å². The predicted molar refractivity (Wildman–Crippen MR) is 123 cm³/mol. The standard InChI is InChI=1S/C27H24N2O3/c1-27(2)23(18-29-20-11-5-3-6-12-20)25(27)26(30)32-24(17-28)19-10-9-15-22(16-19)31-21-13-7-4-8-14-21/h3-16,18,23-25H,1-2H3/t23?,24-,25?/m1/s1. The molecule has 3 atom stereocenters. The average molecular weight is 425 g/mol. The van der Waals surface area contributed by atoms with Crippen LogP contribution in [-0.2, 0) is 9.53 Å². The summed E-state index contributed by atoms with van der Waals surface area (Å²) in [5.74, 6) is 0.498. The molecule has 3 aromatic rings. The van der Waals surface area contributed by atoms with Gasteiger partial charge in [0.15, 0.2) is 0 Å². The van der Waals surface area contributed by atoms with Crippen molar-refractivity contribution in [2.24, 2.45) is 22.2 Å². The Hall–Kier alpha value is -3.91. The predicted octanol–water partition coefficient (Wildman–Crippen LogP) is 6.26. The molecule has 0 heterocycles. The van der Waals surface area contributed by atoms with Crippen LogP contribution in [0.5, 0.6) is 11.5 Å². The van der Waals surface area contributed by atoms with E-state index in [2.05, 4.69) is 11.1 Å². The van der Waals surface area contributed by atoms with E-state index in [4.69, 9.17) is 9.47 Å². The molecule has 32 heavy (non-hydrogen) atoms. The number of hydrogen-bond donors (Lipinski definition) is 0. The maximum atomic E-state index is 12.9. The first-order valence-electron chi connectivity index (χ1n) is 10.5. The molecule has 2 unspecified atom stereocenters. The molecule has 0 bridgehead atoms. The van der Waals surface area contributed by atoms with Crippen LogP contribution in [0.25, 0.3) is 0 Å². The van der Waals surface area contributed by atoms with E-state index in [1.54, 1.807) is 24.3 Å². The number of ether oxygens (including phenoxy) is 2. The minimum absolute atomic E-state index is 0.0395. The molecule has 1 aliphatic carbocycles. The molecule has 1 aliphatic rings. The van der Waals surface area contributed by atoms with Crippen molar-refractivity contribution in [3.05, 3.63) is 90.5 Å². The van der Waals surface area contributed by atoms with Crippen molar-refractivity contribution in [2.45, 2.75) is 20.0 Å². The van der Waals surface area contributed by atoms with Gasteiger partial charge in [0.2, 0.25) is 6.10 Å². The number of nitriles is 1. The Bertz CT molecular complexity index is 1150. The zero-order valence-electron chi connectivity index (χ0n) is 18.0. The van der Waals surface area contributed by atoms with E-state index in [-0.39, 0.29) is 23.2 Å². The van der Waals surface area contributed by atoms with Crippen LogP contribution in [-0.4, -0.2) is 12.2 Å². The quantitative estimate of drug-likeness (QED) is 0.331. The first kappa shape index (κ1) is 21.3. The molecule has 5 heteroatoms. The Balaban J connectivity index is 1.43. The number of carbonyl (C=O) groups excluding carboxylic acids is 1. The number of para-hydroxylation sites is 2. The zero-order chi connectivity index (χ0) is 22.6. The second-order valence-corrected chi connectivity index (χ2v) is 8.37. The fraction of sp³-hybridized carbons (Fsp3) is 0.222. The zero-order valence-corrected chi connectivity index (χ0v) is 18.0. The number of aliphatic imine (C=N–C) groups is 1. The summed E-state index contributed by atoms with van der Waals surface area (Å²) in [5, 5.41) is 9.66. The molecule has 160 valence electrons. The highest BCUT2D eigenvalue weighted by Crippen LogP contribution is 2.58. The van der Waals surface area contributed by atoms with Crippen LogP contribution in [0, 0.1) is 28.6 Å². The van der Waals surface area contributed by atoms with Gasteiger partial charge in [-0.25, -0.2) is 0 Å². The van der Waals surface area contributed by atoms with Crippen molar-refractivity contribution in [3.8, 4) is 17.6 Å². The van der Waals surface area contributed by atoms with Crippen LogP contribution in [0.15, 0.2) is 89.9 Å². The summed E-state index contributed by atoms with van der Waals surface area (Å²) in [7, 11) is 0. The Morgan fingerprint density at radius 1 is 1.00 bits per heavy atom. The normalized spacial score (nSPS) is 19.7. The number of nitrogens with zero attached hydrogens (tertiary/aromatic N) is 2. The fourth-order valence-corrected chi connectivity index (χ4v) is 3.81. The summed E-state index contributed by atoms with van der Waals surface area (Å²) in [5.41, 5.74) is 1.14. The summed E-state index contributed by atoms with van der Waals surface area (Å²) >= 11 is 0. The highest BCUT2D eigenvalue weighted by Gasteiger charge is 2.62. The second-order valence-electron chi connectivity index (χ2n) is 8.37. The Labute approximate surface area is 188 Å². The summed E-state index contributed by atoms with van der Waals surface area (Å²) in [6, 6.07) is 28.1. The third-order valence-electron chi connectivity index (χ3n) is 5.80. The third kappa shape index (κ3) is 4.70. The molecule has 0 amide bonds. The molecular formula is C27H24N2O3. The van der Waals surface area contributed by atoms with Gasteiger partial charge in [-0.05, 0) is 41.8 Å². The van der Waals surface area contributed by atoms with E-state index < -0.39 is 6.10 Å². The highest BCUT2D eigenvalue weighted by molar-refractivity contribution is 5.86. The Morgan fingerprint density at radius 3 is 2.34 bits per heavy atom. The highest BCUT2D eigenvalue weighted by atomic mass is 16.5. The molecule has 0 N–H and O–H groups in total. The third-order valence-corrected chi connectivity index (χ3v) is 5.80. The van der Waals surface area contributed by atoms with Gasteiger partial charge in [0.05, 0.1) is 11.6 Å². The van der Waals surface area contributed by atoms with Crippen LogP contribution in [0.3, 0.4) is 0 Å². The Morgan fingerprint density at radius 2 is 1.66 bits per heavy atom. The molecule has 0 saturated heterocycles.